The monoisotopic (exact) mass is 374 g/mol. The molecule has 8 heteroatoms. The second kappa shape index (κ2) is 7.17. The van der Waals surface area contributed by atoms with Crippen LogP contribution in [0.1, 0.15) is 24.4 Å². The van der Waals surface area contributed by atoms with E-state index in [2.05, 4.69) is 15.4 Å². The van der Waals surface area contributed by atoms with Gasteiger partial charge in [0, 0.05) is 57.7 Å². The van der Waals surface area contributed by atoms with E-state index in [1.54, 1.807) is 6.21 Å². The molecule has 138 valence electrons. The number of aliphatic imine (C=N–C) groups is 1. The highest BCUT2D eigenvalue weighted by Gasteiger charge is 2.24. The Morgan fingerprint density at radius 1 is 1.23 bits per heavy atom. The van der Waals surface area contributed by atoms with Crippen LogP contribution >= 0.6 is 11.6 Å². The molecule has 0 saturated carbocycles. The number of ether oxygens (including phenoxy) is 1. The third-order valence-corrected chi connectivity index (χ3v) is 5.12. The van der Waals surface area contributed by atoms with E-state index in [0.29, 0.717) is 11.1 Å². The molecule has 4 rings (SSSR count). The van der Waals surface area contributed by atoms with Gasteiger partial charge in [-0.3, -0.25) is 4.68 Å². The Hall–Kier alpha value is -2.25. The van der Waals surface area contributed by atoms with Gasteiger partial charge in [0.15, 0.2) is 6.29 Å². The van der Waals surface area contributed by atoms with E-state index >= 15 is 0 Å². The van der Waals surface area contributed by atoms with Crippen molar-refractivity contribution in [3.05, 3.63) is 41.4 Å². The van der Waals surface area contributed by atoms with Gasteiger partial charge in [-0.2, -0.15) is 5.10 Å². The Kier molecular flexibility index (Phi) is 4.74. The standard InChI is InChI=1S/C18H23ClN6O/c1-23-6-3-13(11-23)17-16(19)10-20-18(24(17)2)22-14-9-21-25(12-14)15-4-7-26-8-5-15/h3,6,9-12,15,18,22H,4-5,7-8H2,1-2H3. The Morgan fingerprint density at radius 2 is 2.04 bits per heavy atom. The normalized spacial score (nSPS) is 21.5. The van der Waals surface area contributed by atoms with Gasteiger partial charge in [-0.1, -0.05) is 11.6 Å². The fourth-order valence-electron chi connectivity index (χ4n) is 3.42. The maximum Gasteiger partial charge on any atom is 0.196 e. The number of aromatic nitrogens is 3. The molecule has 2 aliphatic rings. The Morgan fingerprint density at radius 3 is 2.77 bits per heavy atom. The van der Waals surface area contributed by atoms with E-state index in [1.165, 1.54) is 0 Å². The van der Waals surface area contributed by atoms with Crippen molar-refractivity contribution >= 4 is 29.2 Å². The Bertz CT molecular complexity index is 832. The lowest BCUT2D eigenvalue weighted by Gasteiger charge is -2.32. The summed E-state index contributed by atoms with van der Waals surface area (Å²) >= 11 is 6.42. The summed E-state index contributed by atoms with van der Waals surface area (Å²) in [6, 6.07) is 2.45. The van der Waals surface area contributed by atoms with Gasteiger partial charge < -0.3 is 19.5 Å². The van der Waals surface area contributed by atoms with Crippen LogP contribution < -0.4 is 5.32 Å². The van der Waals surface area contributed by atoms with Crippen LogP contribution in [0.2, 0.25) is 0 Å². The van der Waals surface area contributed by atoms with E-state index in [9.17, 15) is 0 Å². The number of hydrogen-bond donors (Lipinski definition) is 1. The second-order valence-corrected chi connectivity index (χ2v) is 7.13. The summed E-state index contributed by atoms with van der Waals surface area (Å²) in [7, 11) is 3.98. The molecule has 2 aromatic rings. The molecule has 1 N–H and O–H groups in total. The first-order valence-corrected chi connectivity index (χ1v) is 9.16. The molecule has 0 spiro atoms. The average Bonchev–Trinajstić information content (AvgIpc) is 3.28. The minimum Gasteiger partial charge on any atom is -0.381 e. The van der Waals surface area contributed by atoms with E-state index in [0.717, 1.165) is 43.0 Å². The largest absolute Gasteiger partial charge is 0.381 e. The van der Waals surface area contributed by atoms with E-state index in [1.807, 2.05) is 59.1 Å². The summed E-state index contributed by atoms with van der Waals surface area (Å²) in [4.78, 5) is 6.57. The first kappa shape index (κ1) is 17.2. The molecule has 26 heavy (non-hydrogen) atoms. The van der Waals surface area contributed by atoms with Gasteiger partial charge in [-0.25, -0.2) is 4.99 Å². The van der Waals surface area contributed by atoms with Crippen LogP contribution in [0, 0.1) is 0 Å². The first-order chi connectivity index (χ1) is 12.6. The fraction of sp³-hybridized carbons (Fsp3) is 0.444. The molecule has 2 aromatic heterocycles. The summed E-state index contributed by atoms with van der Waals surface area (Å²) in [6.07, 6.45) is 11.4. The average molecular weight is 375 g/mol. The number of rotatable bonds is 4. The van der Waals surface area contributed by atoms with Gasteiger partial charge in [0.2, 0.25) is 0 Å². The Balaban J connectivity index is 1.49. The highest BCUT2D eigenvalue weighted by molar-refractivity contribution is 6.42. The smallest absolute Gasteiger partial charge is 0.196 e. The minimum absolute atomic E-state index is 0.236. The van der Waals surface area contributed by atoms with Crippen LogP contribution in [0.25, 0.3) is 5.70 Å². The van der Waals surface area contributed by atoms with Crippen molar-refractivity contribution in [2.24, 2.45) is 12.0 Å². The molecule has 0 aliphatic carbocycles. The predicted octanol–water partition coefficient (Wildman–Crippen LogP) is 2.89. The van der Waals surface area contributed by atoms with Crippen LogP contribution in [-0.2, 0) is 11.8 Å². The zero-order chi connectivity index (χ0) is 18.1. The van der Waals surface area contributed by atoms with Crippen molar-refractivity contribution in [3.8, 4) is 0 Å². The van der Waals surface area contributed by atoms with Crippen molar-refractivity contribution in [3.63, 3.8) is 0 Å². The van der Waals surface area contributed by atoms with Crippen molar-refractivity contribution in [2.45, 2.75) is 25.2 Å². The quantitative estimate of drug-likeness (QED) is 0.893. The van der Waals surface area contributed by atoms with E-state index in [-0.39, 0.29) is 6.29 Å². The van der Waals surface area contributed by atoms with Crippen LogP contribution in [0.5, 0.6) is 0 Å². The molecule has 0 radical (unpaired) electrons. The SMILES string of the molecule is CN1C(c2ccn(C)c2)=C(Cl)C=NC1Nc1cnn(C2CCOCC2)c1. The summed E-state index contributed by atoms with van der Waals surface area (Å²) in [5.74, 6) is 0. The lowest BCUT2D eigenvalue weighted by Crippen LogP contribution is -2.38. The molecule has 0 bridgehead atoms. The molecular formula is C18H23ClN6O. The summed E-state index contributed by atoms with van der Waals surface area (Å²) in [6.45, 7) is 1.60. The summed E-state index contributed by atoms with van der Waals surface area (Å²) in [5, 5.41) is 8.58. The first-order valence-electron chi connectivity index (χ1n) is 8.78. The highest BCUT2D eigenvalue weighted by Crippen LogP contribution is 2.30. The fourth-order valence-corrected chi connectivity index (χ4v) is 3.72. The molecule has 7 nitrogen and oxygen atoms in total. The zero-order valence-corrected chi connectivity index (χ0v) is 15.7. The van der Waals surface area contributed by atoms with Gasteiger partial charge in [-0.05, 0) is 18.9 Å². The van der Waals surface area contributed by atoms with Gasteiger partial charge in [0.1, 0.15) is 0 Å². The second-order valence-electron chi connectivity index (χ2n) is 6.72. The molecule has 0 aromatic carbocycles. The van der Waals surface area contributed by atoms with E-state index < -0.39 is 0 Å². The number of halogens is 1. The topological polar surface area (TPSA) is 59.6 Å². The van der Waals surface area contributed by atoms with Crippen molar-refractivity contribution in [1.82, 2.24) is 19.2 Å². The van der Waals surface area contributed by atoms with Crippen molar-refractivity contribution in [1.29, 1.82) is 0 Å². The molecule has 1 saturated heterocycles. The van der Waals surface area contributed by atoms with Crippen molar-refractivity contribution < 1.29 is 4.74 Å². The lowest BCUT2D eigenvalue weighted by molar-refractivity contribution is 0.0662. The van der Waals surface area contributed by atoms with Gasteiger partial charge in [0.25, 0.3) is 0 Å². The zero-order valence-electron chi connectivity index (χ0n) is 15.0. The van der Waals surface area contributed by atoms with Crippen LogP contribution in [-0.4, -0.2) is 52.0 Å². The molecular weight excluding hydrogens is 352 g/mol. The number of nitrogens with zero attached hydrogens (tertiary/aromatic N) is 5. The van der Waals surface area contributed by atoms with Crippen molar-refractivity contribution in [2.75, 3.05) is 25.6 Å². The van der Waals surface area contributed by atoms with Crippen LogP contribution in [0.4, 0.5) is 5.69 Å². The molecule has 4 heterocycles. The van der Waals surface area contributed by atoms with Gasteiger partial charge >= 0.3 is 0 Å². The molecule has 2 aliphatic heterocycles. The third kappa shape index (κ3) is 3.37. The lowest BCUT2D eigenvalue weighted by atomic mass is 10.1. The highest BCUT2D eigenvalue weighted by atomic mass is 35.5. The molecule has 1 fully saturated rings. The molecule has 1 atom stereocenters. The predicted molar refractivity (Wildman–Crippen MR) is 103 cm³/mol. The molecule has 1 unspecified atom stereocenters. The number of allylic oxidation sites excluding steroid dienone is 1. The Labute approximate surface area is 157 Å². The molecule has 0 amide bonds. The number of anilines is 1. The maximum atomic E-state index is 6.42. The number of nitrogens with one attached hydrogen (secondary N) is 1. The van der Waals surface area contributed by atoms with Gasteiger partial charge in [0.05, 0.1) is 28.7 Å². The summed E-state index contributed by atoms with van der Waals surface area (Å²) in [5.41, 5.74) is 2.96. The number of hydrogen-bond acceptors (Lipinski definition) is 5. The summed E-state index contributed by atoms with van der Waals surface area (Å²) < 4.78 is 9.46. The third-order valence-electron chi connectivity index (χ3n) is 4.84. The van der Waals surface area contributed by atoms with Crippen LogP contribution in [0.3, 0.4) is 0 Å². The van der Waals surface area contributed by atoms with Crippen LogP contribution in [0.15, 0.2) is 40.9 Å². The van der Waals surface area contributed by atoms with Gasteiger partial charge in [-0.15, -0.1) is 0 Å². The van der Waals surface area contributed by atoms with E-state index in [4.69, 9.17) is 16.3 Å². The number of aryl methyl sites for hydroxylation is 1. The minimum atomic E-state index is -0.236. The maximum absolute atomic E-state index is 6.42.